The van der Waals surface area contributed by atoms with Crippen LogP contribution in [0.2, 0.25) is 0 Å². The van der Waals surface area contributed by atoms with Crippen LogP contribution in [0.1, 0.15) is 39.5 Å². The highest BCUT2D eigenvalue weighted by atomic mass is 32.2. The first kappa shape index (κ1) is 14.8. The molecule has 17 heavy (non-hydrogen) atoms. The van der Waals surface area contributed by atoms with E-state index in [4.69, 9.17) is 0 Å². The minimum Gasteiger partial charge on any atom is -0.263 e. The van der Waals surface area contributed by atoms with Crippen LogP contribution in [-0.2, 0) is 14.3 Å². The maximum Gasteiger partial charge on any atom is 0.523 e. The Hall–Kier alpha value is -0.300. The second kappa shape index (κ2) is 4.76. The summed E-state index contributed by atoms with van der Waals surface area (Å²) in [7, 11) is -5.43. The zero-order chi connectivity index (χ0) is 13.3. The molecule has 1 fully saturated rings. The highest BCUT2D eigenvalue weighted by molar-refractivity contribution is 7.87. The van der Waals surface area contributed by atoms with Crippen molar-refractivity contribution >= 4 is 10.1 Å². The van der Waals surface area contributed by atoms with E-state index < -0.39 is 15.6 Å². The Kier molecular flexibility index (Phi) is 4.13. The molecule has 102 valence electrons. The molecule has 1 rings (SSSR count). The number of halogens is 3. The largest absolute Gasteiger partial charge is 0.523 e. The van der Waals surface area contributed by atoms with Gasteiger partial charge in [-0.15, -0.1) is 0 Å². The molecular formula is C10H17F3O3S. The first-order valence-corrected chi connectivity index (χ1v) is 6.90. The first-order valence-electron chi connectivity index (χ1n) is 5.49. The van der Waals surface area contributed by atoms with E-state index in [9.17, 15) is 21.6 Å². The number of alkyl halides is 3. The van der Waals surface area contributed by atoms with Crippen LogP contribution in [-0.4, -0.2) is 20.5 Å². The Balaban J connectivity index is 2.44. The third-order valence-corrected chi connectivity index (χ3v) is 4.21. The lowest BCUT2D eigenvalue weighted by molar-refractivity contribution is -0.0556. The summed E-state index contributed by atoms with van der Waals surface area (Å²) in [5, 5.41) is 0. The van der Waals surface area contributed by atoms with Crippen molar-refractivity contribution in [3.8, 4) is 0 Å². The van der Waals surface area contributed by atoms with Gasteiger partial charge in [-0.2, -0.15) is 21.6 Å². The highest BCUT2D eigenvalue weighted by Crippen LogP contribution is 2.38. The second-order valence-electron chi connectivity index (χ2n) is 5.29. The lowest BCUT2D eigenvalue weighted by Gasteiger charge is -2.33. The molecule has 7 heteroatoms. The average Bonchev–Trinajstić information content (AvgIpc) is 2.14. The smallest absolute Gasteiger partial charge is 0.263 e. The van der Waals surface area contributed by atoms with E-state index in [1.165, 1.54) is 0 Å². The molecule has 0 amide bonds. The van der Waals surface area contributed by atoms with Gasteiger partial charge in [0.1, 0.15) is 0 Å². The van der Waals surface area contributed by atoms with E-state index in [2.05, 4.69) is 18.0 Å². The van der Waals surface area contributed by atoms with Gasteiger partial charge in [-0.3, -0.25) is 4.18 Å². The van der Waals surface area contributed by atoms with E-state index in [-0.39, 0.29) is 17.9 Å². The molecule has 0 atom stereocenters. The van der Waals surface area contributed by atoms with Crippen LogP contribution in [0.25, 0.3) is 0 Å². The van der Waals surface area contributed by atoms with Crippen molar-refractivity contribution in [2.75, 3.05) is 6.61 Å². The molecule has 0 N–H and O–H groups in total. The third-order valence-electron chi connectivity index (χ3n) is 3.20. The second-order valence-corrected chi connectivity index (χ2v) is 6.90. The van der Waals surface area contributed by atoms with Crippen molar-refractivity contribution in [2.45, 2.75) is 45.0 Å². The van der Waals surface area contributed by atoms with Crippen molar-refractivity contribution in [2.24, 2.45) is 11.3 Å². The SMILES string of the molecule is CC1(C)CCC(COS(=O)(=O)C(F)(F)F)CC1. The van der Waals surface area contributed by atoms with Crippen LogP contribution in [0, 0.1) is 11.3 Å². The van der Waals surface area contributed by atoms with E-state index >= 15 is 0 Å². The minimum atomic E-state index is -5.43. The van der Waals surface area contributed by atoms with Crippen LogP contribution in [0.3, 0.4) is 0 Å². The Morgan fingerprint density at radius 2 is 1.71 bits per heavy atom. The minimum absolute atomic E-state index is 0.0971. The quantitative estimate of drug-likeness (QED) is 0.587. The van der Waals surface area contributed by atoms with E-state index in [1.807, 2.05) is 0 Å². The van der Waals surface area contributed by atoms with Crippen LogP contribution < -0.4 is 0 Å². The standard InChI is InChI=1S/C10H17F3O3S/c1-9(2)5-3-8(4-6-9)7-16-17(14,15)10(11,12)13/h8H,3-7H2,1-2H3. The molecule has 0 heterocycles. The molecule has 0 aromatic rings. The Morgan fingerprint density at radius 1 is 1.24 bits per heavy atom. The van der Waals surface area contributed by atoms with Crippen LogP contribution >= 0.6 is 0 Å². The molecule has 0 spiro atoms. The summed E-state index contributed by atoms with van der Waals surface area (Å²) >= 11 is 0. The Bertz CT molecular complexity index is 349. The molecule has 0 aliphatic heterocycles. The summed E-state index contributed by atoms with van der Waals surface area (Å²) < 4.78 is 61.4. The third kappa shape index (κ3) is 4.13. The van der Waals surface area contributed by atoms with Crippen molar-refractivity contribution < 1.29 is 25.8 Å². The number of rotatable bonds is 3. The fourth-order valence-corrected chi connectivity index (χ4v) is 2.38. The fraction of sp³-hybridized carbons (Fsp3) is 1.00. The van der Waals surface area contributed by atoms with Crippen molar-refractivity contribution in [3.63, 3.8) is 0 Å². The summed E-state index contributed by atoms with van der Waals surface area (Å²) in [6.45, 7) is 3.82. The van der Waals surface area contributed by atoms with Crippen molar-refractivity contribution in [1.82, 2.24) is 0 Å². The molecule has 0 radical (unpaired) electrons. The van der Waals surface area contributed by atoms with E-state index in [0.29, 0.717) is 12.8 Å². The lowest BCUT2D eigenvalue weighted by Crippen LogP contribution is -2.30. The molecule has 0 aromatic heterocycles. The molecule has 0 unspecified atom stereocenters. The molecular weight excluding hydrogens is 257 g/mol. The zero-order valence-corrected chi connectivity index (χ0v) is 10.7. The fourth-order valence-electron chi connectivity index (χ4n) is 1.88. The van der Waals surface area contributed by atoms with E-state index in [0.717, 1.165) is 12.8 Å². The average molecular weight is 274 g/mol. The molecule has 1 saturated carbocycles. The van der Waals surface area contributed by atoms with Gasteiger partial charge in [0.2, 0.25) is 0 Å². The molecule has 1 aliphatic rings. The van der Waals surface area contributed by atoms with Crippen LogP contribution in [0.4, 0.5) is 13.2 Å². The monoisotopic (exact) mass is 274 g/mol. The lowest BCUT2D eigenvalue weighted by atomic mass is 9.73. The maximum absolute atomic E-state index is 12.0. The summed E-state index contributed by atoms with van der Waals surface area (Å²) in [5.74, 6) is -0.0971. The number of hydrogen-bond acceptors (Lipinski definition) is 3. The molecule has 3 nitrogen and oxygen atoms in total. The van der Waals surface area contributed by atoms with Gasteiger partial charge in [0.05, 0.1) is 6.61 Å². The van der Waals surface area contributed by atoms with Crippen molar-refractivity contribution in [1.29, 1.82) is 0 Å². The van der Waals surface area contributed by atoms with Gasteiger partial charge in [0, 0.05) is 0 Å². The predicted octanol–water partition coefficient (Wildman–Crippen LogP) is 3.07. The highest BCUT2D eigenvalue weighted by Gasteiger charge is 2.47. The van der Waals surface area contributed by atoms with Gasteiger partial charge in [-0.25, -0.2) is 0 Å². The van der Waals surface area contributed by atoms with Gasteiger partial charge in [0.25, 0.3) is 0 Å². The van der Waals surface area contributed by atoms with Crippen LogP contribution in [0.5, 0.6) is 0 Å². The first-order chi connectivity index (χ1) is 7.54. The van der Waals surface area contributed by atoms with Gasteiger partial charge >= 0.3 is 15.6 Å². The Morgan fingerprint density at radius 3 is 2.12 bits per heavy atom. The van der Waals surface area contributed by atoms with Gasteiger partial charge in [0.15, 0.2) is 0 Å². The van der Waals surface area contributed by atoms with E-state index in [1.54, 1.807) is 0 Å². The maximum atomic E-state index is 12.0. The van der Waals surface area contributed by atoms with Gasteiger partial charge < -0.3 is 0 Å². The molecule has 1 aliphatic carbocycles. The van der Waals surface area contributed by atoms with Gasteiger partial charge in [-0.05, 0) is 37.0 Å². The normalized spacial score (nSPS) is 22.6. The summed E-state index contributed by atoms with van der Waals surface area (Å²) in [6, 6.07) is 0. The van der Waals surface area contributed by atoms with Gasteiger partial charge in [-0.1, -0.05) is 13.8 Å². The molecule has 0 saturated heterocycles. The predicted molar refractivity (Wildman–Crippen MR) is 56.7 cm³/mol. The Labute approximate surface area is 99.5 Å². The number of hydrogen-bond donors (Lipinski definition) is 0. The molecule has 0 aromatic carbocycles. The summed E-state index contributed by atoms with van der Waals surface area (Å²) in [6.07, 6.45) is 3.18. The zero-order valence-electron chi connectivity index (χ0n) is 9.88. The van der Waals surface area contributed by atoms with Crippen molar-refractivity contribution in [3.05, 3.63) is 0 Å². The van der Waals surface area contributed by atoms with Crippen LogP contribution in [0.15, 0.2) is 0 Å². The summed E-state index contributed by atoms with van der Waals surface area (Å²) in [5.41, 5.74) is -5.12. The summed E-state index contributed by atoms with van der Waals surface area (Å²) in [4.78, 5) is 0. The molecule has 0 bridgehead atoms. The topological polar surface area (TPSA) is 43.4 Å².